The molecule has 0 aromatic heterocycles. The Morgan fingerprint density at radius 1 is 1.58 bits per heavy atom. The molecule has 12 heavy (non-hydrogen) atoms. The lowest BCUT2D eigenvalue weighted by Crippen LogP contribution is -2.32. The summed E-state index contributed by atoms with van der Waals surface area (Å²) >= 11 is 0. The standard InChI is InChI=1S/C8H18N2O2/c1-7(2)6-12-4-3-10-8(11)5-9/h7H,3-6,9H2,1-2H3,(H,10,11). The molecule has 0 saturated heterocycles. The largest absolute Gasteiger partial charge is 0.379 e. The molecule has 0 atom stereocenters. The fraction of sp³-hybridized carbons (Fsp3) is 0.875. The van der Waals surface area contributed by atoms with Gasteiger partial charge in [-0.3, -0.25) is 4.79 Å². The molecule has 0 radical (unpaired) electrons. The van der Waals surface area contributed by atoms with Crippen LogP contribution in [0.2, 0.25) is 0 Å². The molecule has 0 rings (SSSR count). The van der Waals surface area contributed by atoms with Gasteiger partial charge in [-0.25, -0.2) is 0 Å². The molecule has 0 spiro atoms. The van der Waals surface area contributed by atoms with Crippen LogP contribution in [-0.4, -0.2) is 32.2 Å². The van der Waals surface area contributed by atoms with E-state index in [1.54, 1.807) is 0 Å². The maximum absolute atomic E-state index is 10.6. The molecule has 0 bridgehead atoms. The third kappa shape index (κ3) is 7.50. The lowest BCUT2D eigenvalue weighted by Gasteiger charge is -2.06. The summed E-state index contributed by atoms with van der Waals surface area (Å²) in [5, 5.41) is 2.62. The number of carbonyl (C=O) groups excluding carboxylic acids is 1. The summed E-state index contributed by atoms with van der Waals surface area (Å²) in [5.74, 6) is 0.401. The third-order valence-electron chi connectivity index (χ3n) is 1.21. The van der Waals surface area contributed by atoms with Gasteiger partial charge in [0.05, 0.1) is 13.2 Å². The van der Waals surface area contributed by atoms with E-state index in [1.807, 2.05) is 0 Å². The topological polar surface area (TPSA) is 64.3 Å². The van der Waals surface area contributed by atoms with Crippen molar-refractivity contribution >= 4 is 5.91 Å². The SMILES string of the molecule is CC(C)COCCNC(=O)CN. The number of hydrogen-bond acceptors (Lipinski definition) is 3. The van der Waals surface area contributed by atoms with Gasteiger partial charge in [0.25, 0.3) is 0 Å². The average molecular weight is 174 g/mol. The summed E-state index contributed by atoms with van der Waals surface area (Å²) in [6, 6.07) is 0. The van der Waals surface area contributed by atoms with Crippen molar-refractivity contribution in [1.82, 2.24) is 5.32 Å². The molecule has 0 heterocycles. The fourth-order valence-corrected chi connectivity index (χ4v) is 0.654. The van der Waals surface area contributed by atoms with Crippen LogP contribution in [0, 0.1) is 5.92 Å². The highest BCUT2D eigenvalue weighted by Crippen LogP contribution is 1.90. The lowest BCUT2D eigenvalue weighted by molar-refractivity contribution is -0.119. The minimum absolute atomic E-state index is 0.0458. The van der Waals surface area contributed by atoms with Gasteiger partial charge in [-0.1, -0.05) is 13.8 Å². The molecular weight excluding hydrogens is 156 g/mol. The van der Waals surface area contributed by atoms with Gasteiger partial charge in [-0.05, 0) is 5.92 Å². The van der Waals surface area contributed by atoms with Gasteiger partial charge in [0.1, 0.15) is 0 Å². The number of amides is 1. The van der Waals surface area contributed by atoms with E-state index in [0.717, 1.165) is 6.61 Å². The number of ether oxygens (including phenoxy) is 1. The molecule has 72 valence electrons. The quantitative estimate of drug-likeness (QED) is 0.545. The Balaban J connectivity index is 3.05. The zero-order chi connectivity index (χ0) is 9.40. The Labute approximate surface area is 73.5 Å². The Morgan fingerprint density at radius 3 is 2.75 bits per heavy atom. The Hall–Kier alpha value is -0.610. The lowest BCUT2D eigenvalue weighted by atomic mass is 10.2. The zero-order valence-electron chi connectivity index (χ0n) is 7.80. The summed E-state index contributed by atoms with van der Waals surface area (Å²) in [5.41, 5.74) is 5.08. The summed E-state index contributed by atoms with van der Waals surface area (Å²) in [4.78, 5) is 10.6. The molecule has 0 aromatic rings. The number of nitrogens with two attached hydrogens (primary N) is 1. The smallest absolute Gasteiger partial charge is 0.233 e. The van der Waals surface area contributed by atoms with Crippen LogP contribution >= 0.6 is 0 Å². The summed E-state index contributed by atoms with van der Waals surface area (Å²) < 4.78 is 5.23. The predicted molar refractivity (Wildman–Crippen MR) is 47.7 cm³/mol. The molecular formula is C8H18N2O2. The molecule has 0 aromatic carbocycles. The molecule has 3 N–H and O–H groups in total. The highest BCUT2D eigenvalue weighted by molar-refractivity contribution is 5.77. The van der Waals surface area contributed by atoms with Gasteiger partial charge in [0.15, 0.2) is 0 Å². The van der Waals surface area contributed by atoms with Crippen molar-refractivity contribution in [2.75, 3.05) is 26.3 Å². The van der Waals surface area contributed by atoms with Crippen molar-refractivity contribution in [3.8, 4) is 0 Å². The highest BCUT2D eigenvalue weighted by atomic mass is 16.5. The first-order valence-corrected chi connectivity index (χ1v) is 4.21. The van der Waals surface area contributed by atoms with Gasteiger partial charge in [0, 0.05) is 13.2 Å². The normalized spacial score (nSPS) is 10.3. The van der Waals surface area contributed by atoms with Crippen molar-refractivity contribution in [2.24, 2.45) is 11.7 Å². The summed E-state index contributed by atoms with van der Waals surface area (Å²) in [6.45, 7) is 6.05. The number of nitrogens with one attached hydrogen (secondary N) is 1. The first-order chi connectivity index (χ1) is 5.66. The van der Waals surface area contributed by atoms with Crippen LogP contribution in [0.15, 0.2) is 0 Å². The van der Waals surface area contributed by atoms with Crippen LogP contribution < -0.4 is 11.1 Å². The van der Waals surface area contributed by atoms with Crippen molar-refractivity contribution in [3.05, 3.63) is 0 Å². The van der Waals surface area contributed by atoms with Gasteiger partial charge in [-0.15, -0.1) is 0 Å². The molecule has 4 heteroatoms. The molecule has 0 aliphatic rings. The van der Waals surface area contributed by atoms with Gasteiger partial charge in [0.2, 0.25) is 5.91 Å². The van der Waals surface area contributed by atoms with Crippen LogP contribution in [0.25, 0.3) is 0 Å². The molecule has 0 aliphatic heterocycles. The summed E-state index contributed by atoms with van der Waals surface area (Å²) in [7, 11) is 0. The minimum Gasteiger partial charge on any atom is -0.379 e. The minimum atomic E-state index is -0.136. The molecule has 0 saturated carbocycles. The second-order valence-electron chi connectivity index (χ2n) is 3.02. The maximum atomic E-state index is 10.6. The fourth-order valence-electron chi connectivity index (χ4n) is 0.654. The molecule has 0 fully saturated rings. The second-order valence-corrected chi connectivity index (χ2v) is 3.02. The van der Waals surface area contributed by atoms with Crippen molar-refractivity contribution in [2.45, 2.75) is 13.8 Å². The van der Waals surface area contributed by atoms with E-state index >= 15 is 0 Å². The van der Waals surface area contributed by atoms with E-state index in [0.29, 0.717) is 19.1 Å². The number of rotatable bonds is 6. The van der Waals surface area contributed by atoms with E-state index in [1.165, 1.54) is 0 Å². The van der Waals surface area contributed by atoms with Crippen LogP contribution in [0.1, 0.15) is 13.8 Å². The molecule has 1 amide bonds. The van der Waals surface area contributed by atoms with Crippen molar-refractivity contribution in [3.63, 3.8) is 0 Å². The van der Waals surface area contributed by atoms with Crippen LogP contribution in [0.4, 0.5) is 0 Å². The predicted octanol–water partition coefficient (Wildman–Crippen LogP) is -0.266. The average Bonchev–Trinajstić information content (AvgIpc) is 2.03. The van der Waals surface area contributed by atoms with E-state index in [9.17, 15) is 4.79 Å². The van der Waals surface area contributed by atoms with Gasteiger partial charge in [-0.2, -0.15) is 0 Å². The van der Waals surface area contributed by atoms with Crippen molar-refractivity contribution < 1.29 is 9.53 Å². The first kappa shape index (κ1) is 11.4. The monoisotopic (exact) mass is 174 g/mol. The highest BCUT2D eigenvalue weighted by Gasteiger charge is 1.96. The van der Waals surface area contributed by atoms with Gasteiger partial charge >= 0.3 is 0 Å². The van der Waals surface area contributed by atoms with Crippen LogP contribution in [-0.2, 0) is 9.53 Å². The maximum Gasteiger partial charge on any atom is 0.233 e. The second kappa shape index (κ2) is 7.06. The first-order valence-electron chi connectivity index (χ1n) is 4.21. The van der Waals surface area contributed by atoms with E-state index < -0.39 is 0 Å². The van der Waals surface area contributed by atoms with E-state index in [2.05, 4.69) is 19.2 Å². The zero-order valence-corrected chi connectivity index (χ0v) is 7.80. The third-order valence-corrected chi connectivity index (χ3v) is 1.21. The Bertz CT molecular complexity index is 126. The molecule has 0 aliphatic carbocycles. The van der Waals surface area contributed by atoms with Crippen LogP contribution in [0.5, 0.6) is 0 Å². The number of carbonyl (C=O) groups is 1. The Morgan fingerprint density at radius 2 is 2.25 bits per heavy atom. The van der Waals surface area contributed by atoms with E-state index in [-0.39, 0.29) is 12.5 Å². The molecule has 4 nitrogen and oxygen atoms in total. The number of hydrogen-bond donors (Lipinski definition) is 2. The van der Waals surface area contributed by atoms with Crippen molar-refractivity contribution in [1.29, 1.82) is 0 Å². The van der Waals surface area contributed by atoms with Crippen LogP contribution in [0.3, 0.4) is 0 Å². The summed E-state index contributed by atoms with van der Waals surface area (Å²) in [6.07, 6.45) is 0. The van der Waals surface area contributed by atoms with E-state index in [4.69, 9.17) is 10.5 Å². The van der Waals surface area contributed by atoms with Gasteiger partial charge < -0.3 is 15.8 Å². The Kier molecular flexibility index (Phi) is 6.70. The molecule has 0 unspecified atom stereocenters.